The number of hydrogen-bond donors (Lipinski definition) is 2. The zero-order chi connectivity index (χ0) is 19.1. The molecule has 0 saturated heterocycles. The van der Waals surface area contributed by atoms with Gasteiger partial charge in [-0.1, -0.05) is 32.0 Å². The fourth-order valence-corrected chi connectivity index (χ4v) is 2.43. The fourth-order valence-electron chi connectivity index (χ4n) is 2.43. The van der Waals surface area contributed by atoms with Gasteiger partial charge < -0.3 is 15.4 Å². The van der Waals surface area contributed by atoms with Crippen LogP contribution in [0.1, 0.15) is 49.5 Å². The van der Waals surface area contributed by atoms with Gasteiger partial charge in [-0.2, -0.15) is 0 Å². The Morgan fingerprint density at radius 1 is 1.04 bits per heavy atom. The smallest absolute Gasteiger partial charge is 0.265 e. The Labute approximate surface area is 154 Å². The predicted octanol–water partition coefficient (Wildman–Crippen LogP) is 3.97. The quantitative estimate of drug-likeness (QED) is 0.791. The molecule has 2 amide bonds. The zero-order valence-corrected chi connectivity index (χ0v) is 15.7. The number of rotatable bonds is 7. The average Bonchev–Trinajstić information content (AvgIpc) is 2.62. The van der Waals surface area contributed by atoms with Crippen LogP contribution in [-0.4, -0.2) is 24.5 Å². The molecule has 0 heterocycles. The Morgan fingerprint density at radius 2 is 1.73 bits per heavy atom. The number of carbonyl (C=O) groups excluding carboxylic acids is 2. The third-order valence-electron chi connectivity index (χ3n) is 3.96. The van der Waals surface area contributed by atoms with E-state index in [4.69, 9.17) is 4.74 Å². The third kappa shape index (κ3) is 5.34. The maximum atomic E-state index is 12.4. The van der Waals surface area contributed by atoms with Crippen molar-refractivity contribution < 1.29 is 14.3 Å². The van der Waals surface area contributed by atoms with Crippen LogP contribution in [-0.2, 0) is 4.79 Å². The summed E-state index contributed by atoms with van der Waals surface area (Å²) < 4.78 is 5.71. The molecule has 0 bridgehead atoms. The summed E-state index contributed by atoms with van der Waals surface area (Å²) in [5.74, 6) is 0.652. The Bertz CT molecular complexity index is 754. The standard InChI is InChI=1S/C21H26N2O3/c1-5-22-21(25)17-7-6-8-18(13-17)23-20(24)15(4)26-19-11-9-16(10-12-19)14(2)3/h6-15H,5H2,1-4H3,(H,22,25)(H,23,24). The molecule has 0 aliphatic rings. The molecule has 0 fully saturated rings. The first-order valence-corrected chi connectivity index (χ1v) is 8.86. The van der Waals surface area contributed by atoms with Crippen LogP contribution in [0, 0.1) is 0 Å². The van der Waals surface area contributed by atoms with Crippen LogP contribution in [0.3, 0.4) is 0 Å². The summed E-state index contributed by atoms with van der Waals surface area (Å²) in [6.45, 7) is 8.35. The summed E-state index contributed by atoms with van der Waals surface area (Å²) in [4.78, 5) is 24.2. The van der Waals surface area contributed by atoms with Gasteiger partial charge in [-0.25, -0.2) is 0 Å². The topological polar surface area (TPSA) is 67.4 Å². The summed E-state index contributed by atoms with van der Waals surface area (Å²) in [7, 11) is 0. The molecule has 2 rings (SSSR count). The molecule has 5 heteroatoms. The zero-order valence-electron chi connectivity index (χ0n) is 15.7. The molecule has 0 aromatic heterocycles. The molecule has 5 nitrogen and oxygen atoms in total. The highest BCUT2D eigenvalue weighted by Gasteiger charge is 2.16. The van der Waals surface area contributed by atoms with Gasteiger partial charge in [0.05, 0.1) is 0 Å². The molecule has 0 saturated carbocycles. The lowest BCUT2D eigenvalue weighted by Gasteiger charge is -2.16. The van der Waals surface area contributed by atoms with E-state index >= 15 is 0 Å². The van der Waals surface area contributed by atoms with Gasteiger partial charge in [0.15, 0.2) is 6.10 Å². The van der Waals surface area contributed by atoms with Crippen molar-refractivity contribution in [2.24, 2.45) is 0 Å². The first-order valence-electron chi connectivity index (χ1n) is 8.86. The summed E-state index contributed by atoms with van der Waals surface area (Å²) in [6.07, 6.45) is -0.659. The lowest BCUT2D eigenvalue weighted by atomic mass is 10.0. The highest BCUT2D eigenvalue weighted by atomic mass is 16.5. The minimum Gasteiger partial charge on any atom is -0.481 e. The molecular formula is C21H26N2O3. The van der Waals surface area contributed by atoms with E-state index in [1.54, 1.807) is 31.2 Å². The molecule has 2 N–H and O–H groups in total. The molecule has 0 aliphatic heterocycles. The SMILES string of the molecule is CCNC(=O)c1cccc(NC(=O)C(C)Oc2ccc(C(C)C)cc2)c1. The van der Waals surface area contributed by atoms with Gasteiger partial charge in [0, 0.05) is 17.8 Å². The molecule has 138 valence electrons. The summed E-state index contributed by atoms with van der Waals surface area (Å²) >= 11 is 0. The summed E-state index contributed by atoms with van der Waals surface area (Å²) in [6, 6.07) is 14.6. The van der Waals surface area contributed by atoms with Crippen molar-refractivity contribution >= 4 is 17.5 Å². The second-order valence-corrected chi connectivity index (χ2v) is 6.41. The minimum absolute atomic E-state index is 0.168. The van der Waals surface area contributed by atoms with Crippen LogP contribution in [0.15, 0.2) is 48.5 Å². The normalized spacial score (nSPS) is 11.7. The van der Waals surface area contributed by atoms with Gasteiger partial charge >= 0.3 is 0 Å². The van der Waals surface area contributed by atoms with Crippen molar-refractivity contribution in [2.75, 3.05) is 11.9 Å². The van der Waals surface area contributed by atoms with E-state index in [1.165, 1.54) is 5.56 Å². The Kier molecular flexibility index (Phi) is 6.78. The second kappa shape index (κ2) is 9.04. The van der Waals surface area contributed by atoms with Crippen LogP contribution in [0.25, 0.3) is 0 Å². The number of carbonyl (C=O) groups is 2. The molecule has 0 radical (unpaired) electrons. The lowest BCUT2D eigenvalue weighted by molar-refractivity contribution is -0.122. The molecule has 0 spiro atoms. The van der Waals surface area contributed by atoms with E-state index in [9.17, 15) is 9.59 Å². The highest BCUT2D eigenvalue weighted by molar-refractivity contribution is 5.98. The van der Waals surface area contributed by atoms with Crippen LogP contribution in [0.2, 0.25) is 0 Å². The average molecular weight is 354 g/mol. The number of nitrogens with one attached hydrogen (secondary N) is 2. The van der Waals surface area contributed by atoms with Crippen molar-refractivity contribution in [3.63, 3.8) is 0 Å². The Morgan fingerprint density at radius 3 is 2.35 bits per heavy atom. The van der Waals surface area contributed by atoms with Gasteiger partial charge in [-0.3, -0.25) is 9.59 Å². The molecule has 1 unspecified atom stereocenters. The van der Waals surface area contributed by atoms with Gasteiger partial charge in [0.25, 0.3) is 11.8 Å². The molecule has 0 aliphatic carbocycles. The highest BCUT2D eigenvalue weighted by Crippen LogP contribution is 2.20. The van der Waals surface area contributed by atoms with Gasteiger partial charge in [-0.05, 0) is 55.7 Å². The second-order valence-electron chi connectivity index (χ2n) is 6.41. The third-order valence-corrected chi connectivity index (χ3v) is 3.96. The Hall–Kier alpha value is -2.82. The number of benzene rings is 2. The Balaban J connectivity index is 1.98. The lowest BCUT2D eigenvalue weighted by Crippen LogP contribution is -2.30. The monoisotopic (exact) mass is 354 g/mol. The molecule has 1 atom stereocenters. The van der Waals surface area contributed by atoms with Crippen LogP contribution in [0.5, 0.6) is 5.75 Å². The van der Waals surface area contributed by atoms with Crippen LogP contribution in [0.4, 0.5) is 5.69 Å². The number of amides is 2. The minimum atomic E-state index is -0.659. The molecular weight excluding hydrogens is 328 g/mol. The van der Waals surface area contributed by atoms with E-state index in [1.807, 2.05) is 31.2 Å². The molecule has 2 aromatic rings. The number of ether oxygens (including phenoxy) is 1. The van der Waals surface area contributed by atoms with Gasteiger partial charge in [-0.15, -0.1) is 0 Å². The first-order chi connectivity index (χ1) is 12.4. The van der Waals surface area contributed by atoms with Gasteiger partial charge in [0.1, 0.15) is 5.75 Å². The van der Waals surface area contributed by atoms with Crippen molar-refractivity contribution in [1.82, 2.24) is 5.32 Å². The van der Waals surface area contributed by atoms with Crippen LogP contribution >= 0.6 is 0 Å². The van der Waals surface area contributed by atoms with E-state index < -0.39 is 6.10 Å². The number of anilines is 1. The van der Waals surface area contributed by atoms with Crippen molar-refractivity contribution in [1.29, 1.82) is 0 Å². The van der Waals surface area contributed by atoms with E-state index in [0.29, 0.717) is 29.5 Å². The van der Waals surface area contributed by atoms with E-state index in [2.05, 4.69) is 24.5 Å². The van der Waals surface area contributed by atoms with Crippen molar-refractivity contribution in [3.05, 3.63) is 59.7 Å². The summed E-state index contributed by atoms with van der Waals surface area (Å²) in [5.41, 5.74) is 2.28. The predicted molar refractivity (Wildman–Crippen MR) is 104 cm³/mol. The fraction of sp³-hybridized carbons (Fsp3) is 0.333. The molecule has 26 heavy (non-hydrogen) atoms. The first kappa shape index (κ1) is 19.5. The maximum absolute atomic E-state index is 12.4. The molecule has 2 aromatic carbocycles. The van der Waals surface area contributed by atoms with E-state index in [0.717, 1.165) is 0 Å². The van der Waals surface area contributed by atoms with Crippen LogP contribution < -0.4 is 15.4 Å². The largest absolute Gasteiger partial charge is 0.481 e. The summed E-state index contributed by atoms with van der Waals surface area (Å²) in [5, 5.41) is 5.52. The van der Waals surface area contributed by atoms with Crippen molar-refractivity contribution in [2.45, 2.75) is 39.7 Å². The van der Waals surface area contributed by atoms with Crippen molar-refractivity contribution in [3.8, 4) is 5.75 Å². The van der Waals surface area contributed by atoms with E-state index in [-0.39, 0.29) is 11.8 Å². The number of hydrogen-bond acceptors (Lipinski definition) is 3. The maximum Gasteiger partial charge on any atom is 0.265 e. The van der Waals surface area contributed by atoms with Gasteiger partial charge in [0.2, 0.25) is 0 Å².